The van der Waals surface area contributed by atoms with E-state index in [1.807, 2.05) is 24.3 Å². The second-order valence-corrected chi connectivity index (χ2v) is 4.79. The van der Waals surface area contributed by atoms with Crippen molar-refractivity contribution < 1.29 is 4.74 Å². The van der Waals surface area contributed by atoms with Crippen molar-refractivity contribution in [2.24, 2.45) is 5.92 Å². The number of hydrogen-bond donors (Lipinski definition) is 0. The smallest absolute Gasteiger partial charge is 0.119 e. The fraction of sp³-hybridized carbons (Fsp3) is 0.571. The first-order valence-corrected chi connectivity index (χ1v) is 6.28. The molecule has 2 heteroatoms. The first-order chi connectivity index (χ1) is 7.75. The summed E-state index contributed by atoms with van der Waals surface area (Å²) in [5.41, 5.74) is 0.772. The van der Waals surface area contributed by atoms with Gasteiger partial charge in [0.25, 0.3) is 0 Å². The first-order valence-electron chi connectivity index (χ1n) is 6.28. The van der Waals surface area contributed by atoms with E-state index in [1.54, 1.807) is 0 Å². The summed E-state index contributed by atoms with van der Waals surface area (Å²) in [6, 6.07) is 7.71. The molecule has 1 atom stereocenters. The molecule has 2 radical (unpaired) electrons. The highest BCUT2D eigenvalue weighted by Crippen LogP contribution is 2.28. The van der Waals surface area contributed by atoms with E-state index in [-0.39, 0.29) is 0 Å². The molecule has 2 rings (SSSR count). The number of hydrogen-bond acceptors (Lipinski definition) is 1. The number of rotatable bonds is 3. The molecule has 1 aliphatic carbocycles. The quantitative estimate of drug-likeness (QED) is 0.703. The standard InChI is InChI=1S/C14H19BO/c1-11(12-6-3-2-4-7-12)16-14-9-5-8-13(15)10-14/h5,8-12H,2-4,6-7H2,1H3. The molecule has 0 N–H and O–H groups in total. The third kappa shape index (κ3) is 3.04. The molecule has 1 unspecified atom stereocenters. The molecule has 0 heterocycles. The number of ether oxygens (including phenoxy) is 1. The molecular formula is C14H19BO. The minimum atomic E-state index is 0.307. The fourth-order valence-electron chi connectivity index (χ4n) is 2.50. The van der Waals surface area contributed by atoms with Gasteiger partial charge in [-0.2, -0.15) is 0 Å². The van der Waals surface area contributed by atoms with Crippen molar-refractivity contribution in [1.29, 1.82) is 0 Å². The third-order valence-corrected chi connectivity index (χ3v) is 3.49. The van der Waals surface area contributed by atoms with E-state index < -0.39 is 0 Å². The highest BCUT2D eigenvalue weighted by atomic mass is 16.5. The molecule has 1 aromatic carbocycles. The Labute approximate surface area is 99.6 Å². The lowest BCUT2D eigenvalue weighted by Crippen LogP contribution is -2.26. The van der Waals surface area contributed by atoms with Crippen LogP contribution in [0.3, 0.4) is 0 Å². The van der Waals surface area contributed by atoms with Gasteiger partial charge in [-0.05, 0) is 37.8 Å². The van der Waals surface area contributed by atoms with Crippen LogP contribution in [0.4, 0.5) is 0 Å². The highest BCUT2D eigenvalue weighted by molar-refractivity contribution is 6.32. The SMILES string of the molecule is [B]c1cccc(OC(C)C2CCCCC2)c1. The second kappa shape index (κ2) is 5.42. The molecule has 0 aliphatic heterocycles. The summed E-state index contributed by atoms with van der Waals surface area (Å²) in [7, 11) is 5.73. The largest absolute Gasteiger partial charge is 0.490 e. The summed E-state index contributed by atoms with van der Waals surface area (Å²) in [6.07, 6.45) is 7.03. The van der Waals surface area contributed by atoms with E-state index >= 15 is 0 Å². The molecule has 0 bridgehead atoms. The zero-order valence-corrected chi connectivity index (χ0v) is 9.99. The summed E-state index contributed by atoms with van der Waals surface area (Å²) in [5, 5.41) is 0. The summed E-state index contributed by atoms with van der Waals surface area (Å²) in [5.74, 6) is 1.62. The zero-order chi connectivity index (χ0) is 11.4. The van der Waals surface area contributed by atoms with Crippen molar-refractivity contribution in [2.45, 2.75) is 45.1 Å². The Kier molecular flexibility index (Phi) is 3.92. The maximum Gasteiger partial charge on any atom is 0.119 e. The summed E-state index contributed by atoms with van der Waals surface area (Å²) in [4.78, 5) is 0. The maximum absolute atomic E-state index is 5.95. The highest BCUT2D eigenvalue weighted by Gasteiger charge is 2.21. The summed E-state index contributed by atoms with van der Waals surface area (Å²) >= 11 is 0. The maximum atomic E-state index is 5.95. The fourth-order valence-corrected chi connectivity index (χ4v) is 2.50. The zero-order valence-electron chi connectivity index (χ0n) is 9.99. The predicted octanol–water partition coefficient (Wildman–Crippen LogP) is 2.83. The van der Waals surface area contributed by atoms with Crippen LogP contribution in [0.15, 0.2) is 24.3 Å². The Bertz CT molecular complexity index is 331. The average Bonchev–Trinajstić information content (AvgIpc) is 2.30. The van der Waals surface area contributed by atoms with Gasteiger partial charge in [-0.25, -0.2) is 0 Å². The first kappa shape index (κ1) is 11.6. The normalized spacial score (nSPS) is 19.3. The van der Waals surface area contributed by atoms with Crippen LogP contribution in [0.5, 0.6) is 5.75 Å². The van der Waals surface area contributed by atoms with Gasteiger partial charge in [0.1, 0.15) is 13.6 Å². The molecule has 84 valence electrons. The molecule has 1 nitrogen and oxygen atoms in total. The van der Waals surface area contributed by atoms with Crippen LogP contribution in [0.2, 0.25) is 0 Å². The van der Waals surface area contributed by atoms with E-state index in [0.717, 1.165) is 17.1 Å². The van der Waals surface area contributed by atoms with Crippen LogP contribution >= 0.6 is 0 Å². The van der Waals surface area contributed by atoms with Crippen molar-refractivity contribution in [2.75, 3.05) is 0 Å². The van der Waals surface area contributed by atoms with Crippen LogP contribution in [-0.4, -0.2) is 14.0 Å². The van der Waals surface area contributed by atoms with Gasteiger partial charge >= 0.3 is 0 Å². The van der Waals surface area contributed by atoms with Gasteiger partial charge < -0.3 is 4.74 Å². The van der Waals surface area contributed by atoms with Crippen LogP contribution in [0.25, 0.3) is 0 Å². The molecule has 0 amide bonds. The predicted molar refractivity (Wildman–Crippen MR) is 68.5 cm³/mol. The van der Waals surface area contributed by atoms with Crippen LogP contribution in [0, 0.1) is 5.92 Å². The molecule has 0 aromatic heterocycles. The topological polar surface area (TPSA) is 9.23 Å². The van der Waals surface area contributed by atoms with Crippen molar-refractivity contribution in [3.8, 4) is 5.75 Å². The lowest BCUT2D eigenvalue weighted by Gasteiger charge is -2.28. The minimum Gasteiger partial charge on any atom is -0.490 e. The average molecular weight is 214 g/mol. The molecule has 16 heavy (non-hydrogen) atoms. The Balaban J connectivity index is 1.93. The van der Waals surface area contributed by atoms with E-state index in [0.29, 0.717) is 6.10 Å². The Morgan fingerprint density at radius 2 is 2.00 bits per heavy atom. The van der Waals surface area contributed by atoms with E-state index in [9.17, 15) is 0 Å². The van der Waals surface area contributed by atoms with Gasteiger partial charge in [-0.1, -0.05) is 36.9 Å². The van der Waals surface area contributed by atoms with Gasteiger partial charge in [0.15, 0.2) is 0 Å². The van der Waals surface area contributed by atoms with Crippen LogP contribution in [0.1, 0.15) is 39.0 Å². The molecule has 1 aromatic rings. The van der Waals surface area contributed by atoms with E-state index in [4.69, 9.17) is 12.6 Å². The molecule has 0 saturated heterocycles. The minimum absolute atomic E-state index is 0.307. The van der Waals surface area contributed by atoms with Gasteiger partial charge in [0, 0.05) is 0 Å². The second-order valence-electron chi connectivity index (χ2n) is 4.79. The van der Waals surface area contributed by atoms with Gasteiger partial charge in [-0.15, -0.1) is 0 Å². The lowest BCUT2D eigenvalue weighted by molar-refractivity contribution is 0.123. The van der Waals surface area contributed by atoms with Crippen molar-refractivity contribution >= 4 is 13.3 Å². The Hall–Kier alpha value is -0.915. The molecule has 1 saturated carbocycles. The van der Waals surface area contributed by atoms with Gasteiger partial charge in [-0.3, -0.25) is 0 Å². The summed E-state index contributed by atoms with van der Waals surface area (Å²) < 4.78 is 5.95. The lowest BCUT2D eigenvalue weighted by atomic mass is 9.86. The number of benzene rings is 1. The molecular weight excluding hydrogens is 195 g/mol. The van der Waals surface area contributed by atoms with Gasteiger partial charge in [0.2, 0.25) is 0 Å². The molecule has 1 fully saturated rings. The monoisotopic (exact) mass is 214 g/mol. The van der Waals surface area contributed by atoms with E-state index in [1.165, 1.54) is 32.1 Å². The third-order valence-electron chi connectivity index (χ3n) is 3.49. The van der Waals surface area contributed by atoms with Crippen molar-refractivity contribution in [3.63, 3.8) is 0 Å². The van der Waals surface area contributed by atoms with Crippen molar-refractivity contribution in [1.82, 2.24) is 0 Å². The summed E-state index contributed by atoms with van der Waals surface area (Å²) in [6.45, 7) is 2.18. The van der Waals surface area contributed by atoms with Crippen LogP contribution < -0.4 is 10.2 Å². The Morgan fingerprint density at radius 3 is 2.69 bits per heavy atom. The van der Waals surface area contributed by atoms with Gasteiger partial charge in [0.05, 0.1) is 6.10 Å². The Morgan fingerprint density at radius 1 is 1.25 bits per heavy atom. The molecule has 1 aliphatic rings. The van der Waals surface area contributed by atoms with E-state index in [2.05, 4.69) is 6.92 Å². The van der Waals surface area contributed by atoms with Crippen LogP contribution in [-0.2, 0) is 0 Å². The molecule has 0 spiro atoms. The van der Waals surface area contributed by atoms with Crippen molar-refractivity contribution in [3.05, 3.63) is 24.3 Å².